The summed E-state index contributed by atoms with van der Waals surface area (Å²) < 4.78 is 46.5. The SMILES string of the molecule is O=C(c1ccc(-c2cccc(C(F)(F)F)c2)o1)N1CCCC1c1nnc2ccccn12. The first-order valence-electron chi connectivity index (χ1n) is 9.80. The zero-order valence-electron chi connectivity index (χ0n) is 16.2. The number of carbonyl (C=O) groups is 1. The van der Waals surface area contributed by atoms with Crippen LogP contribution in [0.1, 0.15) is 40.8 Å². The number of aromatic nitrogens is 3. The molecule has 1 saturated heterocycles. The molecular formula is C22H17F3N4O2. The maximum absolute atomic E-state index is 13.2. The molecule has 1 aliphatic rings. The van der Waals surface area contributed by atoms with Gasteiger partial charge >= 0.3 is 6.18 Å². The minimum atomic E-state index is -4.45. The van der Waals surface area contributed by atoms with Gasteiger partial charge in [0.05, 0.1) is 11.6 Å². The Balaban J connectivity index is 1.43. The average Bonchev–Trinajstić information content (AvgIpc) is 3.51. The summed E-state index contributed by atoms with van der Waals surface area (Å²) in [4.78, 5) is 14.8. The molecule has 0 aliphatic carbocycles. The highest BCUT2D eigenvalue weighted by atomic mass is 19.4. The molecule has 31 heavy (non-hydrogen) atoms. The van der Waals surface area contributed by atoms with E-state index in [1.54, 1.807) is 4.90 Å². The zero-order chi connectivity index (χ0) is 21.6. The molecule has 1 aromatic carbocycles. The molecule has 4 heterocycles. The molecular weight excluding hydrogens is 409 g/mol. The molecule has 1 unspecified atom stereocenters. The standard InChI is InChI=1S/C22H17F3N4O2/c23-22(24,25)15-6-3-5-14(13-15)17-9-10-18(31-17)21(30)28-12-4-7-16(28)20-27-26-19-8-1-2-11-29(19)20/h1-3,5-6,8-11,13,16H,4,7,12H2. The Morgan fingerprint density at radius 3 is 2.77 bits per heavy atom. The normalized spacial score (nSPS) is 16.9. The molecule has 1 amide bonds. The van der Waals surface area contributed by atoms with Crippen LogP contribution in [-0.2, 0) is 6.18 Å². The van der Waals surface area contributed by atoms with Crippen LogP contribution in [0.25, 0.3) is 17.0 Å². The van der Waals surface area contributed by atoms with Gasteiger partial charge in [0.2, 0.25) is 0 Å². The van der Waals surface area contributed by atoms with Crippen LogP contribution in [0.4, 0.5) is 13.2 Å². The van der Waals surface area contributed by atoms with Crippen LogP contribution in [0.15, 0.2) is 65.2 Å². The van der Waals surface area contributed by atoms with E-state index in [-0.39, 0.29) is 29.0 Å². The molecule has 0 N–H and O–H groups in total. The molecule has 0 spiro atoms. The number of halogens is 3. The van der Waals surface area contributed by atoms with Crippen LogP contribution in [0.3, 0.4) is 0 Å². The molecule has 4 aromatic rings. The number of rotatable bonds is 3. The highest BCUT2D eigenvalue weighted by molar-refractivity contribution is 5.92. The maximum Gasteiger partial charge on any atom is 0.416 e. The number of likely N-dealkylation sites (tertiary alicyclic amines) is 1. The zero-order valence-corrected chi connectivity index (χ0v) is 16.2. The van der Waals surface area contributed by atoms with Crippen LogP contribution in [-0.4, -0.2) is 31.9 Å². The van der Waals surface area contributed by atoms with Crippen LogP contribution >= 0.6 is 0 Å². The fourth-order valence-electron chi connectivity index (χ4n) is 3.96. The van der Waals surface area contributed by atoms with Crippen molar-refractivity contribution in [1.82, 2.24) is 19.5 Å². The van der Waals surface area contributed by atoms with E-state index in [2.05, 4.69) is 10.2 Å². The lowest BCUT2D eigenvalue weighted by molar-refractivity contribution is -0.137. The molecule has 1 atom stereocenters. The Labute approximate surface area is 174 Å². The highest BCUT2D eigenvalue weighted by Crippen LogP contribution is 2.35. The number of amides is 1. The summed E-state index contributed by atoms with van der Waals surface area (Å²) in [6.07, 6.45) is -1.06. The lowest BCUT2D eigenvalue weighted by Gasteiger charge is -2.22. The van der Waals surface area contributed by atoms with Gasteiger partial charge in [0.15, 0.2) is 17.2 Å². The van der Waals surface area contributed by atoms with E-state index in [9.17, 15) is 18.0 Å². The third kappa shape index (κ3) is 3.45. The number of carbonyl (C=O) groups excluding carboxylic acids is 1. The number of hydrogen-bond acceptors (Lipinski definition) is 4. The fraction of sp³-hybridized carbons (Fsp3) is 0.227. The van der Waals surface area contributed by atoms with Gasteiger partial charge in [0, 0.05) is 18.3 Å². The van der Waals surface area contributed by atoms with Gasteiger partial charge in [-0.3, -0.25) is 9.20 Å². The molecule has 6 nitrogen and oxygen atoms in total. The van der Waals surface area contributed by atoms with Crippen molar-refractivity contribution in [3.05, 3.63) is 77.9 Å². The van der Waals surface area contributed by atoms with Crippen molar-refractivity contribution in [3.8, 4) is 11.3 Å². The first-order chi connectivity index (χ1) is 14.9. The van der Waals surface area contributed by atoms with Crippen molar-refractivity contribution in [2.45, 2.75) is 25.1 Å². The predicted octanol–water partition coefficient (Wildman–Crippen LogP) is 4.99. The topological polar surface area (TPSA) is 63.6 Å². The van der Waals surface area contributed by atoms with Gasteiger partial charge in [-0.2, -0.15) is 13.2 Å². The van der Waals surface area contributed by atoms with E-state index in [0.29, 0.717) is 18.0 Å². The van der Waals surface area contributed by atoms with Crippen LogP contribution in [0, 0.1) is 0 Å². The summed E-state index contributed by atoms with van der Waals surface area (Å²) in [5.74, 6) is 0.630. The Hall–Kier alpha value is -3.62. The van der Waals surface area contributed by atoms with Crippen molar-refractivity contribution >= 4 is 11.6 Å². The number of alkyl halides is 3. The first-order valence-corrected chi connectivity index (χ1v) is 9.80. The molecule has 3 aromatic heterocycles. The lowest BCUT2D eigenvalue weighted by Crippen LogP contribution is -2.31. The van der Waals surface area contributed by atoms with Gasteiger partial charge < -0.3 is 9.32 Å². The minimum Gasteiger partial charge on any atom is -0.451 e. The molecule has 0 bridgehead atoms. The second-order valence-corrected chi connectivity index (χ2v) is 7.39. The van der Waals surface area contributed by atoms with Gasteiger partial charge in [-0.15, -0.1) is 10.2 Å². The number of benzene rings is 1. The molecule has 158 valence electrons. The van der Waals surface area contributed by atoms with Crippen molar-refractivity contribution in [3.63, 3.8) is 0 Å². The van der Waals surface area contributed by atoms with Crippen molar-refractivity contribution in [2.24, 2.45) is 0 Å². The third-order valence-electron chi connectivity index (χ3n) is 5.44. The second kappa shape index (κ2) is 7.26. The van der Waals surface area contributed by atoms with E-state index in [4.69, 9.17) is 4.42 Å². The Kier molecular flexibility index (Phi) is 4.53. The Morgan fingerprint density at radius 1 is 1.06 bits per heavy atom. The minimum absolute atomic E-state index is 0.0770. The van der Waals surface area contributed by atoms with Gasteiger partial charge in [-0.1, -0.05) is 18.2 Å². The number of fused-ring (bicyclic) bond motifs is 1. The van der Waals surface area contributed by atoms with E-state index in [1.165, 1.54) is 24.3 Å². The van der Waals surface area contributed by atoms with Gasteiger partial charge in [0.25, 0.3) is 5.91 Å². The Bertz CT molecular complexity index is 1260. The van der Waals surface area contributed by atoms with Crippen molar-refractivity contribution < 1.29 is 22.4 Å². The first kappa shape index (κ1) is 19.3. The molecule has 5 rings (SSSR count). The van der Waals surface area contributed by atoms with E-state index >= 15 is 0 Å². The predicted molar refractivity (Wildman–Crippen MR) is 105 cm³/mol. The quantitative estimate of drug-likeness (QED) is 0.463. The van der Waals surface area contributed by atoms with Gasteiger partial charge in [-0.05, 0) is 49.2 Å². The number of hydrogen-bond donors (Lipinski definition) is 0. The number of nitrogens with zero attached hydrogens (tertiary/aromatic N) is 4. The van der Waals surface area contributed by atoms with E-state index in [1.807, 2.05) is 28.8 Å². The summed E-state index contributed by atoms with van der Waals surface area (Å²) in [6.45, 7) is 0.533. The molecule has 1 aliphatic heterocycles. The van der Waals surface area contributed by atoms with Crippen LogP contribution in [0.2, 0.25) is 0 Å². The molecule has 0 saturated carbocycles. The average molecular weight is 426 g/mol. The van der Waals surface area contributed by atoms with Gasteiger partial charge in [-0.25, -0.2) is 0 Å². The Morgan fingerprint density at radius 2 is 1.94 bits per heavy atom. The maximum atomic E-state index is 13.2. The monoisotopic (exact) mass is 426 g/mol. The summed E-state index contributed by atoms with van der Waals surface area (Å²) in [7, 11) is 0. The van der Waals surface area contributed by atoms with E-state index < -0.39 is 11.7 Å². The highest BCUT2D eigenvalue weighted by Gasteiger charge is 2.35. The summed E-state index contributed by atoms with van der Waals surface area (Å²) in [6, 6.07) is 13.2. The summed E-state index contributed by atoms with van der Waals surface area (Å²) in [5, 5.41) is 8.43. The second-order valence-electron chi connectivity index (χ2n) is 7.39. The number of furan rings is 1. The molecule has 0 radical (unpaired) electrons. The van der Waals surface area contributed by atoms with Crippen LogP contribution < -0.4 is 0 Å². The fourth-order valence-corrected chi connectivity index (χ4v) is 3.96. The summed E-state index contributed by atoms with van der Waals surface area (Å²) in [5.41, 5.74) is 0.185. The third-order valence-corrected chi connectivity index (χ3v) is 5.44. The van der Waals surface area contributed by atoms with Crippen LogP contribution in [0.5, 0.6) is 0 Å². The largest absolute Gasteiger partial charge is 0.451 e. The van der Waals surface area contributed by atoms with Gasteiger partial charge in [0.1, 0.15) is 5.76 Å². The summed E-state index contributed by atoms with van der Waals surface area (Å²) >= 11 is 0. The van der Waals surface area contributed by atoms with E-state index in [0.717, 1.165) is 25.0 Å². The lowest BCUT2D eigenvalue weighted by atomic mass is 10.1. The smallest absolute Gasteiger partial charge is 0.416 e. The number of pyridine rings is 1. The molecule has 1 fully saturated rings. The molecule has 9 heteroatoms. The van der Waals surface area contributed by atoms with Crippen molar-refractivity contribution in [1.29, 1.82) is 0 Å². The van der Waals surface area contributed by atoms with Crippen molar-refractivity contribution in [2.75, 3.05) is 6.54 Å².